The van der Waals surface area contributed by atoms with Gasteiger partial charge in [0.1, 0.15) is 10.6 Å². The normalized spacial score (nSPS) is 11.5. The highest BCUT2D eigenvalue weighted by molar-refractivity contribution is 7.86. The second-order valence-corrected chi connectivity index (χ2v) is 7.70. The Hall–Kier alpha value is -2.05. The highest BCUT2D eigenvalue weighted by Gasteiger charge is 2.18. The molecule has 2 rings (SSSR count). The largest absolute Gasteiger partial charge is 0.504 e. The zero-order chi connectivity index (χ0) is 19.0. The minimum absolute atomic E-state index is 0.00574. The van der Waals surface area contributed by atoms with Crippen molar-refractivity contribution in [3.63, 3.8) is 0 Å². The summed E-state index contributed by atoms with van der Waals surface area (Å²) in [6.45, 7) is 2.18. The molecule has 6 heteroatoms. The molecule has 0 saturated heterocycles. The Morgan fingerprint density at radius 1 is 0.885 bits per heavy atom. The van der Waals surface area contributed by atoms with Crippen molar-refractivity contribution in [3.8, 4) is 17.2 Å². The molecule has 2 aromatic rings. The van der Waals surface area contributed by atoms with E-state index in [4.69, 9.17) is 4.74 Å². The Balaban J connectivity index is 2.08. The number of hydrogen-bond acceptors (Lipinski definition) is 4. The number of phenols is 1. The fraction of sp³-hybridized carbons (Fsp3) is 0.400. The summed E-state index contributed by atoms with van der Waals surface area (Å²) in [6, 6.07) is 10.9. The molecule has 0 amide bonds. The van der Waals surface area contributed by atoms with E-state index < -0.39 is 10.1 Å². The van der Waals surface area contributed by atoms with E-state index >= 15 is 0 Å². The van der Waals surface area contributed by atoms with E-state index in [9.17, 15) is 18.1 Å². The van der Waals surface area contributed by atoms with Crippen molar-refractivity contribution in [3.05, 3.63) is 48.0 Å². The molecule has 2 N–H and O–H groups in total. The smallest absolute Gasteiger partial charge is 0.298 e. The molecular formula is C20H26O5S. The number of unbranched alkanes of at least 4 members (excludes halogenated alkanes) is 5. The quantitative estimate of drug-likeness (QED) is 0.431. The lowest BCUT2D eigenvalue weighted by molar-refractivity contribution is 0.397. The van der Waals surface area contributed by atoms with Gasteiger partial charge >= 0.3 is 0 Å². The van der Waals surface area contributed by atoms with Crippen LogP contribution < -0.4 is 4.74 Å². The molecule has 0 radical (unpaired) electrons. The minimum Gasteiger partial charge on any atom is -0.504 e. The molecule has 0 fully saturated rings. The molecule has 0 bridgehead atoms. The molecule has 5 nitrogen and oxygen atoms in total. The van der Waals surface area contributed by atoms with Crippen LogP contribution in [0.2, 0.25) is 0 Å². The molecule has 2 aromatic carbocycles. The summed E-state index contributed by atoms with van der Waals surface area (Å²) in [5.74, 6) is 0.151. The van der Waals surface area contributed by atoms with Crippen molar-refractivity contribution < 1.29 is 22.8 Å². The summed E-state index contributed by atoms with van der Waals surface area (Å²) in [6.07, 6.45) is 7.70. The highest BCUT2D eigenvalue weighted by atomic mass is 32.2. The molecule has 0 atom stereocenters. The van der Waals surface area contributed by atoms with Crippen molar-refractivity contribution >= 4 is 10.1 Å². The number of aromatic hydroxyl groups is 1. The Morgan fingerprint density at radius 2 is 1.54 bits per heavy atom. The van der Waals surface area contributed by atoms with Gasteiger partial charge in [-0.05, 0) is 36.6 Å². The molecule has 142 valence electrons. The molecule has 0 aromatic heterocycles. The number of para-hydroxylation sites is 2. The highest BCUT2D eigenvalue weighted by Crippen LogP contribution is 2.36. The van der Waals surface area contributed by atoms with Gasteiger partial charge in [0, 0.05) is 0 Å². The predicted octanol–water partition coefficient (Wildman–Crippen LogP) is 5.33. The second-order valence-electron chi connectivity index (χ2n) is 6.31. The van der Waals surface area contributed by atoms with Gasteiger partial charge in [-0.3, -0.25) is 4.55 Å². The van der Waals surface area contributed by atoms with Gasteiger partial charge in [0.15, 0.2) is 11.5 Å². The van der Waals surface area contributed by atoms with E-state index in [1.165, 1.54) is 43.9 Å². The van der Waals surface area contributed by atoms with E-state index in [-0.39, 0.29) is 22.1 Å². The zero-order valence-corrected chi connectivity index (χ0v) is 15.8. The van der Waals surface area contributed by atoms with Crippen molar-refractivity contribution in [1.29, 1.82) is 0 Å². The van der Waals surface area contributed by atoms with Gasteiger partial charge in [0.05, 0.1) is 0 Å². The maximum Gasteiger partial charge on any atom is 0.298 e. The van der Waals surface area contributed by atoms with E-state index in [1.807, 2.05) is 6.07 Å². The van der Waals surface area contributed by atoms with Crippen LogP contribution in [0.3, 0.4) is 0 Å². The maximum absolute atomic E-state index is 11.5. The van der Waals surface area contributed by atoms with Crippen molar-refractivity contribution in [1.82, 2.24) is 0 Å². The first-order valence-electron chi connectivity index (χ1n) is 8.98. The summed E-state index contributed by atoms with van der Waals surface area (Å²) >= 11 is 0. The zero-order valence-electron chi connectivity index (χ0n) is 15.0. The second kappa shape index (κ2) is 9.59. The van der Waals surface area contributed by atoms with E-state index in [0.29, 0.717) is 0 Å². The summed E-state index contributed by atoms with van der Waals surface area (Å²) in [5.41, 5.74) is 0.766. The summed E-state index contributed by atoms with van der Waals surface area (Å²) < 4.78 is 37.8. The van der Waals surface area contributed by atoms with Crippen LogP contribution in [0.1, 0.15) is 51.0 Å². The van der Waals surface area contributed by atoms with Crippen LogP contribution in [0.15, 0.2) is 47.4 Å². The first-order chi connectivity index (χ1) is 12.4. The lowest BCUT2D eigenvalue weighted by Crippen LogP contribution is -2.01. The molecular weight excluding hydrogens is 352 g/mol. The predicted molar refractivity (Wildman–Crippen MR) is 102 cm³/mol. The van der Waals surface area contributed by atoms with Crippen molar-refractivity contribution in [2.75, 3.05) is 0 Å². The van der Waals surface area contributed by atoms with Crippen LogP contribution >= 0.6 is 0 Å². The Morgan fingerprint density at radius 3 is 2.27 bits per heavy atom. The third-order valence-electron chi connectivity index (χ3n) is 4.23. The molecule has 0 heterocycles. The number of aryl methyl sites for hydroxylation is 1. The van der Waals surface area contributed by atoms with E-state index in [0.717, 1.165) is 24.8 Å². The number of rotatable bonds is 10. The third kappa shape index (κ3) is 5.75. The third-order valence-corrected chi connectivity index (χ3v) is 5.12. The summed E-state index contributed by atoms with van der Waals surface area (Å²) in [5, 5.41) is 10.4. The minimum atomic E-state index is -4.41. The first kappa shape index (κ1) is 20.3. The van der Waals surface area contributed by atoms with Crippen LogP contribution in [-0.4, -0.2) is 18.1 Å². The SMILES string of the molecule is CCCCCCCCc1cccc(Oc2ccccc2S(=O)(=O)O)c1O. The molecule has 0 spiro atoms. The molecule has 0 aliphatic carbocycles. The van der Waals surface area contributed by atoms with Gasteiger partial charge in [-0.15, -0.1) is 0 Å². The number of ether oxygens (including phenoxy) is 1. The lowest BCUT2D eigenvalue weighted by Gasteiger charge is -2.13. The average Bonchev–Trinajstić information content (AvgIpc) is 2.60. The van der Waals surface area contributed by atoms with E-state index in [1.54, 1.807) is 18.2 Å². The van der Waals surface area contributed by atoms with Gasteiger partial charge in [-0.1, -0.05) is 63.3 Å². The molecule has 0 saturated carbocycles. The van der Waals surface area contributed by atoms with Gasteiger partial charge in [-0.25, -0.2) is 0 Å². The standard InChI is InChI=1S/C20H26O5S/c1-2-3-4-5-6-7-11-16-12-10-14-18(20(16)21)25-17-13-8-9-15-19(17)26(22,23)24/h8-10,12-15,21H,2-7,11H2,1H3,(H,22,23,24). The van der Waals surface area contributed by atoms with E-state index in [2.05, 4.69) is 6.92 Å². The first-order valence-corrected chi connectivity index (χ1v) is 10.4. The van der Waals surface area contributed by atoms with Gasteiger partial charge < -0.3 is 9.84 Å². The Bertz CT molecular complexity index is 815. The molecule has 0 unspecified atom stereocenters. The van der Waals surface area contributed by atoms with Crippen LogP contribution in [0.5, 0.6) is 17.2 Å². The average molecular weight is 378 g/mol. The Labute approximate surface area is 155 Å². The van der Waals surface area contributed by atoms with Crippen LogP contribution in [0.4, 0.5) is 0 Å². The molecule has 0 aliphatic rings. The fourth-order valence-electron chi connectivity index (χ4n) is 2.81. The summed E-state index contributed by atoms with van der Waals surface area (Å²) in [7, 11) is -4.41. The molecule has 0 aliphatic heterocycles. The van der Waals surface area contributed by atoms with Crippen molar-refractivity contribution in [2.45, 2.75) is 56.8 Å². The van der Waals surface area contributed by atoms with Gasteiger partial charge in [0.2, 0.25) is 0 Å². The number of phenolic OH excluding ortho intramolecular Hbond substituents is 1. The maximum atomic E-state index is 11.5. The van der Waals surface area contributed by atoms with Crippen LogP contribution in [0, 0.1) is 0 Å². The topological polar surface area (TPSA) is 83.8 Å². The Kier molecular flexibility index (Phi) is 7.48. The van der Waals surface area contributed by atoms with Crippen LogP contribution in [0.25, 0.3) is 0 Å². The van der Waals surface area contributed by atoms with Crippen molar-refractivity contribution in [2.24, 2.45) is 0 Å². The monoisotopic (exact) mass is 378 g/mol. The van der Waals surface area contributed by atoms with Gasteiger partial charge in [-0.2, -0.15) is 8.42 Å². The summed E-state index contributed by atoms with van der Waals surface area (Å²) in [4.78, 5) is -0.333. The number of hydrogen-bond donors (Lipinski definition) is 2. The number of benzene rings is 2. The molecule has 26 heavy (non-hydrogen) atoms. The van der Waals surface area contributed by atoms with Crippen LogP contribution in [-0.2, 0) is 16.5 Å². The fourth-order valence-corrected chi connectivity index (χ4v) is 3.43. The van der Waals surface area contributed by atoms with Gasteiger partial charge in [0.25, 0.3) is 10.1 Å². The lowest BCUT2D eigenvalue weighted by atomic mass is 10.0.